The maximum atomic E-state index is 12.2. The van der Waals surface area contributed by atoms with Crippen LogP contribution >= 0.6 is 23.2 Å². The van der Waals surface area contributed by atoms with Gasteiger partial charge in [-0.15, -0.1) is 0 Å². The van der Waals surface area contributed by atoms with Crippen molar-refractivity contribution in [3.05, 3.63) is 90.3 Å². The smallest absolute Gasteiger partial charge is 0.613 e. The van der Waals surface area contributed by atoms with Crippen molar-refractivity contribution >= 4 is 58.0 Å². The minimum Gasteiger partial charge on any atom is -0.613 e. The Balaban J connectivity index is 0.000000347. The number of ether oxygens (including phenoxy) is 4. The van der Waals surface area contributed by atoms with Gasteiger partial charge in [0.15, 0.2) is 0 Å². The van der Waals surface area contributed by atoms with Crippen LogP contribution in [0.5, 0.6) is 0 Å². The quantitative estimate of drug-likeness (QED) is 0.121. The van der Waals surface area contributed by atoms with Gasteiger partial charge in [0.05, 0.1) is 70.5 Å². The summed E-state index contributed by atoms with van der Waals surface area (Å²) in [6, 6.07) is 0. The number of esters is 2. The number of hydrogen-bond donors (Lipinski definition) is 0. The second-order valence-corrected chi connectivity index (χ2v) is 11.6. The Morgan fingerprint density at radius 1 is 0.569 bits per heavy atom. The first-order valence-electron chi connectivity index (χ1n) is 15.9. The number of carbonyl (C=O) groups is 2. The molecule has 0 aromatic rings. The van der Waals surface area contributed by atoms with Gasteiger partial charge in [0, 0.05) is 11.1 Å². The van der Waals surface area contributed by atoms with Crippen molar-refractivity contribution in [2.45, 2.75) is 69.2 Å². The van der Waals surface area contributed by atoms with Gasteiger partial charge in [0.2, 0.25) is 0 Å². The van der Waals surface area contributed by atoms with Gasteiger partial charge >= 0.3 is 28.4 Å². The molecule has 0 bridgehead atoms. The molecule has 0 saturated carbocycles. The zero-order valence-electron chi connectivity index (χ0n) is 30.1. The molecule has 4 heterocycles. The zero-order chi connectivity index (χ0) is 37.4. The number of rotatable bonds is 10. The average Bonchev–Trinajstić information content (AvgIpc) is 3.69. The molecule has 276 valence electrons. The van der Waals surface area contributed by atoms with E-state index < -0.39 is 23.8 Å². The summed E-state index contributed by atoms with van der Waals surface area (Å²) < 4.78 is 20.3. The van der Waals surface area contributed by atoms with Crippen molar-refractivity contribution < 1.29 is 55.2 Å². The number of hydrogen-bond acceptors (Lipinski definition) is 12. The van der Waals surface area contributed by atoms with Gasteiger partial charge in [-0.25, -0.2) is 19.6 Å². The third kappa shape index (κ3) is 9.58. The Labute approximate surface area is 318 Å². The first-order valence-corrected chi connectivity index (χ1v) is 16.7. The molecule has 0 aromatic heterocycles. The molecule has 0 spiro atoms. The van der Waals surface area contributed by atoms with E-state index in [1.807, 2.05) is 0 Å². The Hall–Kier alpha value is -4.19. The summed E-state index contributed by atoms with van der Waals surface area (Å²) in [4.78, 5) is 41.4. The number of nitrogens with zero attached hydrogens (tertiary/aromatic N) is 4. The predicted octanol–water partition coefficient (Wildman–Crippen LogP) is 5.51. The predicted molar refractivity (Wildman–Crippen MR) is 190 cm³/mol. The van der Waals surface area contributed by atoms with Crippen molar-refractivity contribution in [2.75, 3.05) is 26.4 Å². The van der Waals surface area contributed by atoms with E-state index in [0.29, 0.717) is 78.8 Å². The van der Waals surface area contributed by atoms with E-state index >= 15 is 0 Å². The van der Waals surface area contributed by atoms with Gasteiger partial charge in [0.1, 0.15) is 10.3 Å². The fraction of sp³-hybridized carbons (Fsp3) is 0.389. The van der Waals surface area contributed by atoms with E-state index in [0.717, 1.165) is 0 Å². The third-order valence-corrected chi connectivity index (χ3v) is 8.34. The van der Waals surface area contributed by atoms with Crippen LogP contribution in [0, 0.1) is 0 Å². The molecule has 0 radical (unpaired) electrons. The Morgan fingerprint density at radius 2 is 0.882 bits per heavy atom. The minimum atomic E-state index is -0.489. The van der Waals surface area contributed by atoms with Gasteiger partial charge in [-0.05, 0) is 103 Å². The van der Waals surface area contributed by atoms with Crippen molar-refractivity contribution in [2.24, 2.45) is 20.0 Å². The Morgan fingerprint density at radius 3 is 1.18 bits per heavy atom. The van der Waals surface area contributed by atoms with E-state index in [2.05, 4.69) is 20.0 Å². The molecule has 0 atom stereocenters. The SMILES string of the molecule is CCOC(=O)C1=C(C)C(=CC2=NC(Cl)=C(C)/C2=C(/[O-])OCC)N=C1C.CCOC(=O)C1=C(C)C(=CC2=NC(Cl)=C(C)/C2=C(/[O-])OCC)N=C1C.[Ni+2]. The molecule has 0 aromatic carbocycles. The van der Waals surface area contributed by atoms with Gasteiger partial charge < -0.3 is 29.2 Å². The molecule has 12 nitrogen and oxygen atoms in total. The van der Waals surface area contributed by atoms with E-state index in [1.54, 1.807) is 81.4 Å². The molecule has 15 heteroatoms. The topological polar surface area (TPSA) is 167 Å². The van der Waals surface area contributed by atoms with E-state index in [1.165, 1.54) is 0 Å². The van der Waals surface area contributed by atoms with Gasteiger partial charge in [-0.3, -0.25) is 9.98 Å². The second kappa shape index (κ2) is 18.9. The van der Waals surface area contributed by atoms with Crippen LogP contribution in [0.25, 0.3) is 0 Å². The first kappa shape index (κ1) is 43.0. The van der Waals surface area contributed by atoms with Gasteiger partial charge in [-0.1, -0.05) is 37.0 Å². The van der Waals surface area contributed by atoms with Gasteiger partial charge in [0.25, 0.3) is 0 Å². The first-order chi connectivity index (χ1) is 23.6. The van der Waals surface area contributed by atoms with Crippen molar-refractivity contribution in [3.63, 3.8) is 0 Å². The zero-order valence-corrected chi connectivity index (χ0v) is 32.6. The molecule has 4 rings (SSSR count). The summed E-state index contributed by atoms with van der Waals surface area (Å²) in [6.07, 6.45) is 3.27. The summed E-state index contributed by atoms with van der Waals surface area (Å²) in [5.74, 6) is -1.81. The molecule has 0 saturated heterocycles. The molecule has 4 aliphatic rings. The molecule has 0 fully saturated rings. The summed E-state index contributed by atoms with van der Waals surface area (Å²) in [6.45, 7) is 18.5. The van der Waals surface area contributed by atoms with Crippen LogP contribution in [-0.4, -0.2) is 61.2 Å². The van der Waals surface area contributed by atoms with Crippen LogP contribution in [-0.2, 0) is 45.0 Å². The molecule has 0 amide bonds. The normalized spacial score (nSPS) is 20.5. The molecule has 0 unspecified atom stereocenters. The van der Waals surface area contributed by atoms with E-state index in [-0.39, 0.29) is 53.2 Å². The number of carbonyl (C=O) groups excluding carboxylic acids is 2. The van der Waals surface area contributed by atoms with Gasteiger partial charge in [-0.2, -0.15) is 0 Å². The Kier molecular flexibility index (Phi) is 15.9. The molecule has 0 N–H and O–H groups in total. The fourth-order valence-corrected chi connectivity index (χ4v) is 5.57. The van der Waals surface area contributed by atoms with Crippen LogP contribution in [0.1, 0.15) is 69.2 Å². The number of allylic oxidation sites excluding steroid dienone is 8. The van der Waals surface area contributed by atoms with Crippen LogP contribution in [0.2, 0.25) is 0 Å². The van der Waals surface area contributed by atoms with Crippen LogP contribution in [0.4, 0.5) is 0 Å². The summed E-state index contributed by atoms with van der Waals surface area (Å²) in [5, 5.41) is 24.9. The molecular weight excluding hydrogens is 746 g/mol. The standard InChI is InChI=1S/2C18H21ClN2O4.Ni/c2*1-6-24-17(22)14-9(3)12(20-11(14)5)8-13-15(18(23)25-7-2)10(4)16(19)21-13;/h2*8,23H,6-7H2,1-5H3;/q;;+2/p-2/b2*12-8?,18-15+;. The summed E-state index contributed by atoms with van der Waals surface area (Å²) >= 11 is 12.2. The number of halogens is 2. The summed E-state index contributed by atoms with van der Waals surface area (Å²) in [7, 11) is 0. The third-order valence-electron chi connectivity index (χ3n) is 7.60. The Bertz CT molecular complexity index is 1740. The van der Waals surface area contributed by atoms with E-state index in [4.69, 9.17) is 42.1 Å². The summed E-state index contributed by atoms with van der Waals surface area (Å²) in [5.41, 5.74) is 6.88. The molecular formula is C36H40Cl2N4NiO8. The minimum absolute atomic E-state index is 0. The van der Waals surface area contributed by atoms with Crippen LogP contribution in [0.3, 0.4) is 0 Å². The maximum Gasteiger partial charge on any atom is 2.00 e. The van der Waals surface area contributed by atoms with Crippen LogP contribution < -0.4 is 10.2 Å². The maximum absolute atomic E-state index is 12.2. The number of aliphatic imine (C=N–C) groups is 4. The molecule has 4 aliphatic heterocycles. The van der Waals surface area contributed by atoms with Crippen molar-refractivity contribution in [1.29, 1.82) is 0 Å². The van der Waals surface area contributed by atoms with Crippen molar-refractivity contribution in [1.82, 2.24) is 0 Å². The average molecular weight is 786 g/mol. The van der Waals surface area contributed by atoms with Crippen LogP contribution in [0.15, 0.2) is 110 Å². The van der Waals surface area contributed by atoms with E-state index in [9.17, 15) is 19.8 Å². The van der Waals surface area contributed by atoms with Crippen molar-refractivity contribution in [3.8, 4) is 0 Å². The molecule has 51 heavy (non-hydrogen) atoms. The second-order valence-electron chi connectivity index (χ2n) is 10.9. The monoisotopic (exact) mass is 784 g/mol. The fourth-order valence-electron chi connectivity index (χ4n) is 5.20. The largest absolute Gasteiger partial charge is 2.00 e. The molecule has 0 aliphatic carbocycles.